The lowest BCUT2D eigenvalue weighted by atomic mass is 10.6. The summed E-state index contributed by atoms with van der Waals surface area (Å²) in [5.41, 5.74) is 0. The van der Waals surface area contributed by atoms with Crippen molar-refractivity contribution in [1.29, 1.82) is 0 Å². The van der Waals surface area contributed by atoms with Gasteiger partial charge in [-0.05, 0) is 13.3 Å². The topological polar surface area (TPSA) is 0 Å². The maximum absolute atomic E-state index is 5.23. The largest absolute Gasteiger partial charge is 0.107 e. The first kappa shape index (κ1) is 13.5. The van der Waals surface area contributed by atoms with E-state index < -0.39 is 0 Å². The van der Waals surface area contributed by atoms with E-state index in [-0.39, 0.29) is 4.84 Å². The highest BCUT2D eigenvalue weighted by atomic mass is 35.5. The van der Waals surface area contributed by atoms with Gasteiger partial charge in [-0.3, -0.25) is 0 Å². The molecule has 10 heavy (non-hydrogen) atoms. The van der Waals surface area contributed by atoms with E-state index in [1.807, 2.05) is 6.92 Å². The van der Waals surface area contributed by atoms with Gasteiger partial charge in [-0.15, -0.1) is 23.2 Å². The number of allylic oxidation sites excluding steroid dienone is 1. The van der Waals surface area contributed by atoms with Crippen molar-refractivity contribution in [2.75, 3.05) is 0 Å². The quantitative estimate of drug-likeness (QED) is 0.574. The van der Waals surface area contributed by atoms with Crippen molar-refractivity contribution in [3.05, 3.63) is 10.6 Å². The van der Waals surface area contributed by atoms with Crippen molar-refractivity contribution in [2.45, 2.75) is 25.1 Å². The van der Waals surface area contributed by atoms with Gasteiger partial charge < -0.3 is 0 Å². The van der Waals surface area contributed by atoms with Crippen LogP contribution in [0.25, 0.3) is 0 Å². The molecule has 0 rings (SSSR count). The van der Waals surface area contributed by atoms with E-state index in [9.17, 15) is 0 Å². The van der Waals surface area contributed by atoms with Gasteiger partial charge in [0, 0.05) is 0 Å². The van der Waals surface area contributed by atoms with Crippen LogP contribution in [0.2, 0.25) is 0 Å². The summed E-state index contributed by atoms with van der Waals surface area (Å²) in [7, 11) is 0. The Labute approximate surface area is 82.1 Å². The molecule has 0 amide bonds. The predicted octanol–water partition coefficient (Wildman–Crippen LogP) is 4.53. The van der Waals surface area contributed by atoms with E-state index in [0.717, 1.165) is 6.42 Å². The summed E-state index contributed by atoms with van der Waals surface area (Å²) in [6.07, 6.45) is 2.45. The minimum Gasteiger partial charge on any atom is -0.105 e. The van der Waals surface area contributed by atoms with Crippen LogP contribution < -0.4 is 0 Å². The molecule has 0 aromatic carbocycles. The van der Waals surface area contributed by atoms with Crippen LogP contribution >= 0.6 is 46.4 Å². The molecule has 0 saturated carbocycles. The van der Waals surface area contributed by atoms with Gasteiger partial charge in [-0.25, -0.2) is 0 Å². The van der Waals surface area contributed by atoms with Crippen LogP contribution in [0.4, 0.5) is 0 Å². The molecule has 0 aliphatic rings. The first-order chi connectivity index (χ1) is 4.54. The number of rotatable bonds is 1. The Hall–Kier alpha value is 0.900. The van der Waals surface area contributed by atoms with Gasteiger partial charge in [0.25, 0.3) is 0 Å². The highest BCUT2D eigenvalue weighted by Crippen LogP contribution is 2.03. The van der Waals surface area contributed by atoms with E-state index in [2.05, 4.69) is 0 Å². The maximum Gasteiger partial charge on any atom is 0.107 e. The van der Waals surface area contributed by atoms with Gasteiger partial charge in [0.15, 0.2) is 0 Å². The maximum atomic E-state index is 5.23. The van der Waals surface area contributed by atoms with Crippen LogP contribution in [-0.4, -0.2) is 4.84 Å². The third-order valence-corrected chi connectivity index (χ3v) is 1.58. The Morgan fingerprint density at radius 1 is 1.40 bits per heavy atom. The van der Waals surface area contributed by atoms with E-state index in [4.69, 9.17) is 46.4 Å². The number of hydrogen-bond acceptors (Lipinski definition) is 0. The minimum absolute atomic E-state index is 0.171. The van der Waals surface area contributed by atoms with Gasteiger partial charge in [-0.2, -0.15) is 0 Å². The average molecular weight is 224 g/mol. The standard InChI is InChI=1S/C3H6Cl2.C3H4Cl2/c2*1-2-3(4)5/h3H,2H2,1H3;2H,1H3. The molecular formula is C6H10Cl4. The monoisotopic (exact) mass is 222 g/mol. The molecule has 0 aromatic heterocycles. The summed E-state index contributed by atoms with van der Waals surface area (Å²) >= 11 is 20.6. The molecule has 4 heteroatoms. The van der Waals surface area contributed by atoms with Crippen molar-refractivity contribution in [1.82, 2.24) is 0 Å². The van der Waals surface area contributed by atoms with Crippen molar-refractivity contribution in [2.24, 2.45) is 0 Å². The molecule has 0 bridgehead atoms. The zero-order chi connectivity index (χ0) is 8.57. The molecule has 0 atom stereocenters. The fraction of sp³-hybridized carbons (Fsp3) is 0.667. The summed E-state index contributed by atoms with van der Waals surface area (Å²) in [6.45, 7) is 3.71. The van der Waals surface area contributed by atoms with Crippen LogP contribution in [0.15, 0.2) is 10.6 Å². The van der Waals surface area contributed by atoms with Gasteiger partial charge in [-0.1, -0.05) is 36.2 Å². The molecule has 62 valence electrons. The normalized spacial score (nSPS) is 8.30. The highest BCUT2D eigenvalue weighted by molar-refractivity contribution is 6.55. The Kier molecular flexibility index (Phi) is 13.4. The van der Waals surface area contributed by atoms with Crippen molar-refractivity contribution in [3.8, 4) is 0 Å². The number of hydrogen-bond donors (Lipinski definition) is 0. The Balaban J connectivity index is 0. The molecule has 0 heterocycles. The summed E-state index contributed by atoms with van der Waals surface area (Å²) < 4.78 is 0.324. The molecule has 0 N–H and O–H groups in total. The molecule has 0 nitrogen and oxygen atoms in total. The zero-order valence-corrected chi connectivity index (χ0v) is 8.90. The lowest BCUT2D eigenvalue weighted by Gasteiger charge is -1.84. The van der Waals surface area contributed by atoms with E-state index >= 15 is 0 Å². The zero-order valence-electron chi connectivity index (χ0n) is 5.87. The van der Waals surface area contributed by atoms with Gasteiger partial charge >= 0.3 is 0 Å². The minimum atomic E-state index is -0.171. The molecule has 0 radical (unpaired) electrons. The van der Waals surface area contributed by atoms with Crippen LogP contribution in [0.3, 0.4) is 0 Å². The van der Waals surface area contributed by atoms with Crippen LogP contribution in [-0.2, 0) is 0 Å². The summed E-state index contributed by atoms with van der Waals surface area (Å²) in [4.78, 5) is -0.171. The first-order valence-electron chi connectivity index (χ1n) is 2.80. The Morgan fingerprint density at radius 2 is 1.60 bits per heavy atom. The fourth-order valence-electron chi connectivity index (χ4n) is 0. The third-order valence-electron chi connectivity index (χ3n) is 0.527. The third kappa shape index (κ3) is 23.1. The van der Waals surface area contributed by atoms with E-state index in [0.29, 0.717) is 4.49 Å². The highest BCUT2D eigenvalue weighted by Gasteiger charge is 1.86. The SMILES string of the molecule is CC=C(Cl)Cl.CCC(Cl)Cl. The van der Waals surface area contributed by atoms with Crippen LogP contribution in [0.1, 0.15) is 20.3 Å². The van der Waals surface area contributed by atoms with Gasteiger partial charge in [0.1, 0.15) is 9.33 Å². The molecule has 0 aromatic rings. The second-order valence-corrected chi connectivity index (χ2v) is 3.66. The van der Waals surface area contributed by atoms with E-state index in [1.54, 1.807) is 13.0 Å². The number of halogens is 4. The van der Waals surface area contributed by atoms with Crippen LogP contribution in [0.5, 0.6) is 0 Å². The lowest BCUT2D eigenvalue weighted by molar-refractivity contribution is 1.04. The Morgan fingerprint density at radius 3 is 1.60 bits per heavy atom. The summed E-state index contributed by atoms with van der Waals surface area (Å²) in [5, 5.41) is 0. The molecule has 0 aliphatic carbocycles. The second-order valence-electron chi connectivity index (χ2n) is 1.38. The average Bonchev–Trinajstić information content (AvgIpc) is 1.89. The Bertz CT molecular complexity index is 83.7. The summed E-state index contributed by atoms with van der Waals surface area (Å²) in [6, 6.07) is 0. The molecule has 0 spiro atoms. The van der Waals surface area contributed by atoms with Crippen molar-refractivity contribution < 1.29 is 0 Å². The van der Waals surface area contributed by atoms with Gasteiger partial charge in [0.2, 0.25) is 0 Å². The molecule has 0 aliphatic heterocycles. The molecular weight excluding hydrogens is 214 g/mol. The summed E-state index contributed by atoms with van der Waals surface area (Å²) in [5.74, 6) is 0. The van der Waals surface area contributed by atoms with Gasteiger partial charge in [0.05, 0.1) is 0 Å². The molecule has 0 unspecified atom stereocenters. The lowest BCUT2D eigenvalue weighted by Crippen LogP contribution is -1.75. The fourth-order valence-corrected chi connectivity index (χ4v) is 0. The molecule has 0 fully saturated rings. The second kappa shape index (κ2) is 9.90. The van der Waals surface area contributed by atoms with Crippen molar-refractivity contribution in [3.63, 3.8) is 0 Å². The molecule has 0 saturated heterocycles. The smallest absolute Gasteiger partial charge is 0.105 e. The predicted molar refractivity (Wildman–Crippen MR) is 51.2 cm³/mol. The van der Waals surface area contributed by atoms with Crippen molar-refractivity contribution >= 4 is 46.4 Å². The number of alkyl halides is 2. The van der Waals surface area contributed by atoms with E-state index in [1.165, 1.54) is 0 Å². The van der Waals surface area contributed by atoms with Crippen LogP contribution in [0, 0.1) is 0 Å². The first-order valence-corrected chi connectivity index (χ1v) is 4.42.